The van der Waals surface area contributed by atoms with Crippen molar-refractivity contribution in [2.45, 2.75) is 26.4 Å². The lowest BCUT2D eigenvalue weighted by Gasteiger charge is -2.12. The summed E-state index contributed by atoms with van der Waals surface area (Å²) in [6, 6.07) is 14.1. The van der Waals surface area contributed by atoms with Crippen LogP contribution in [0.5, 0.6) is 0 Å². The van der Waals surface area contributed by atoms with Crippen molar-refractivity contribution in [3.05, 3.63) is 60.7 Å². The molecular weight excluding hydrogens is 354 g/mol. The van der Waals surface area contributed by atoms with Crippen LogP contribution in [-0.2, 0) is 17.9 Å². The van der Waals surface area contributed by atoms with Gasteiger partial charge in [-0.05, 0) is 43.0 Å². The number of hydrogen-bond acceptors (Lipinski definition) is 3. The number of nitrogens with one attached hydrogen (secondary N) is 3. The van der Waals surface area contributed by atoms with E-state index in [0.717, 1.165) is 31.8 Å². The van der Waals surface area contributed by atoms with Gasteiger partial charge in [-0.15, -0.1) is 0 Å². The smallest absolute Gasteiger partial charge is 0.242 e. The highest BCUT2D eigenvalue weighted by atomic mass is 16.3. The Morgan fingerprint density at radius 1 is 1.11 bits per heavy atom. The number of para-hydroxylation sites is 1. The molecule has 0 aliphatic rings. The van der Waals surface area contributed by atoms with Crippen molar-refractivity contribution in [1.82, 2.24) is 20.5 Å². The Balaban J connectivity index is 1.42. The molecule has 0 aliphatic carbocycles. The maximum Gasteiger partial charge on any atom is 0.242 e. The Morgan fingerprint density at radius 2 is 2.00 bits per heavy atom. The number of benzene rings is 1. The summed E-state index contributed by atoms with van der Waals surface area (Å²) < 4.78 is 7.45. The van der Waals surface area contributed by atoms with Gasteiger partial charge in [0.15, 0.2) is 5.96 Å². The number of carbonyl (C=O) groups excluding carboxylic acids is 1. The molecule has 0 unspecified atom stereocenters. The molecule has 0 atom stereocenters. The van der Waals surface area contributed by atoms with Gasteiger partial charge in [0.2, 0.25) is 5.91 Å². The average molecular weight is 381 g/mol. The first kappa shape index (κ1) is 19.5. The largest absolute Gasteiger partial charge is 0.467 e. The van der Waals surface area contributed by atoms with Crippen LogP contribution >= 0.6 is 0 Å². The van der Waals surface area contributed by atoms with Gasteiger partial charge in [0, 0.05) is 31.3 Å². The molecule has 7 nitrogen and oxygen atoms in total. The number of amides is 1. The molecule has 0 bridgehead atoms. The van der Waals surface area contributed by atoms with E-state index in [1.54, 1.807) is 12.3 Å². The third kappa shape index (κ3) is 5.64. The van der Waals surface area contributed by atoms with Gasteiger partial charge in [-0.3, -0.25) is 4.79 Å². The summed E-state index contributed by atoms with van der Waals surface area (Å²) in [7, 11) is 0. The van der Waals surface area contributed by atoms with E-state index < -0.39 is 0 Å². The summed E-state index contributed by atoms with van der Waals surface area (Å²) in [6.45, 7) is 4.87. The molecule has 0 spiro atoms. The van der Waals surface area contributed by atoms with E-state index in [1.807, 2.05) is 13.0 Å². The molecular formula is C21H27N5O2. The Hall–Kier alpha value is -3.22. The summed E-state index contributed by atoms with van der Waals surface area (Å²) in [5, 5.41) is 10.5. The molecule has 3 N–H and O–H groups in total. The second kappa shape index (κ2) is 10.2. The number of rotatable bonds is 9. The highest BCUT2D eigenvalue weighted by Crippen LogP contribution is 2.15. The number of hydrogen-bond donors (Lipinski definition) is 3. The highest BCUT2D eigenvalue weighted by molar-refractivity contribution is 5.84. The first-order chi connectivity index (χ1) is 13.8. The molecule has 7 heteroatoms. The van der Waals surface area contributed by atoms with Crippen molar-refractivity contribution < 1.29 is 9.21 Å². The topological polar surface area (TPSA) is 83.6 Å². The molecule has 0 saturated carbocycles. The lowest BCUT2D eigenvalue weighted by atomic mass is 10.2. The average Bonchev–Trinajstić information content (AvgIpc) is 3.37. The molecule has 0 radical (unpaired) electrons. The predicted molar refractivity (Wildman–Crippen MR) is 111 cm³/mol. The van der Waals surface area contributed by atoms with Crippen molar-refractivity contribution in [2.24, 2.45) is 4.99 Å². The van der Waals surface area contributed by atoms with Gasteiger partial charge >= 0.3 is 0 Å². The van der Waals surface area contributed by atoms with E-state index in [9.17, 15) is 4.79 Å². The van der Waals surface area contributed by atoms with Crippen LogP contribution in [-0.4, -0.2) is 36.1 Å². The van der Waals surface area contributed by atoms with E-state index in [0.29, 0.717) is 12.5 Å². The van der Waals surface area contributed by atoms with Gasteiger partial charge < -0.3 is 24.9 Å². The molecule has 2 heterocycles. The molecule has 3 rings (SSSR count). The van der Waals surface area contributed by atoms with Crippen LogP contribution < -0.4 is 16.0 Å². The Morgan fingerprint density at radius 3 is 2.82 bits per heavy atom. The number of aliphatic imine (C=N–C) groups is 1. The van der Waals surface area contributed by atoms with Crippen molar-refractivity contribution >= 4 is 22.8 Å². The van der Waals surface area contributed by atoms with E-state index in [4.69, 9.17) is 4.42 Å². The molecule has 0 fully saturated rings. The van der Waals surface area contributed by atoms with Crippen LogP contribution in [0.4, 0.5) is 0 Å². The molecule has 3 aromatic rings. The minimum absolute atomic E-state index is 0.0677. The number of guanidine groups is 1. The molecule has 0 aliphatic heterocycles. The van der Waals surface area contributed by atoms with Crippen molar-refractivity contribution in [3.63, 3.8) is 0 Å². The van der Waals surface area contributed by atoms with Gasteiger partial charge in [-0.1, -0.05) is 18.2 Å². The van der Waals surface area contributed by atoms with Gasteiger partial charge in [0.1, 0.15) is 12.3 Å². The number of carbonyl (C=O) groups is 1. The third-order valence-corrected chi connectivity index (χ3v) is 4.31. The van der Waals surface area contributed by atoms with Crippen molar-refractivity contribution in [1.29, 1.82) is 0 Å². The first-order valence-corrected chi connectivity index (χ1v) is 9.61. The van der Waals surface area contributed by atoms with Gasteiger partial charge in [0.25, 0.3) is 0 Å². The number of fused-ring (bicyclic) bond motifs is 1. The summed E-state index contributed by atoms with van der Waals surface area (Å²) >= 11 is 0. The van der Waals surface area contributed by atoms with E-state index in [-0.39, 0.29) is 12.5 Å². The Labute approximate surface area is 164 Å². The number of nitrogens with zero attached hydrogens (tertiary/aromatic N) is 2. The second-order valence-electron chi connectivity index (χ2n) is 6.40. The van der Waals surface area contributed by atoms with Gasteiger partial charge in [0.05, 0.1) is 12.8 Å². The highest BCUT2D eigenvalue weighted by Gasteiger charge is 2.04. The van der Waals surface area contributed by atoms with E-state index >= 15 is 0 Å². The minimum atomic E-state index is -0.146. The summed E-state index contributed by atoms with van der Waals surface area (Å²) in [4.78, 5) is 16.3. The Kier molecular flexibility index (Phi) is 7.12. The second-order valence-corrected chi connectivity index (χ2v) is 6.40. The van der Waals surface area contributed by atoms with Crippen LogP contribution in [0.1, 0.15) is 19.1 Å². The zero-order chi connectivity index (χ0) is 19.6. The fourth-order valence-electron chi connectivity index (χ4n) is 2.94. The third-order valence-electron chi connectivity index (χ3n) is 4.31. The van der Waals surface area contributed by atoms with Crippen LogP contribution in [0.2, 0.25) is 0 Å². The summed E-state index contributed by atoms with van der Waals surface area (Å²) in [5.41, 5.74) is 1.25. The van der Waals surface area contributed by atoms with Crippen molar-refractivity contribution in [3.8, 4) is 0 Å². The summed E-state index contributed by atoms with van der Waals surface area (Å²) in [5.74, 6) is 1.22. The number of furan rings is 1. The lowest BCUT2D eigenvalue weighted by Crippen LogP contribution is -2.39. The first-order valence-electron chi connectivity index (χ1n) is 9.61. The molecule has 28 heavy (non-hydrogen) atoms. The van der Waals surface area contributed by atoms with E-state index in [1.165, 1.54) is 10.9 Å². The van der Waals surface area contributed by atoms with Crippen LogP contribution in [0.15, 0.2) is 64.3 Å². The standard InChI is InChI=1S/C21H27N5O2/c1-2-22-21(25-16-20(27)24-15-18-8-5-14-28-18)23-11-6-12-26-13-10-17-7-3-4-9-19(17)26/h3-5,7-10,13-14H,2,6,11-12,15-16H2,1H3,(H,24,27)(H2,22,23,25). The maximum atomic E-state index is 11.9. The quantitative estimate of drug-likeness (QED) is 0.302. The van der Waals surface area contributed by atoms with Gasteiger partial charge in [-0.2, -0.15) is 0 Å². The fraction of sp³-hybridized carbons (Fsp3) is 0.333. The van der Waals surface area contributed by atoms with Gasteiger partial charge in [-0.25, -0.2) is 4.99 Å². The van der Waals surface area contributed by atoms with Crippen LogP contribution in [0.25, 0.3) is 10.9 Å². The van der Waals surface area contributed by atoms with Crippen LogP contribution in [0, 0.1) is 0 Å². The zero-order valence-electron chi connectivity index (χ0n) is 16.1. The summed E-state index contributed by atoms with van der Waals surface area (Å²) in [6.07, 6.45) is 4.66. The minimum Gasteiger partial charge on any atom is -0.467 e. The fourth-order valence-corrected chi connectivity index (χ4v) is 2.94. The lowest BCUT2D eigenvalue weighted by molar-refractivity contribution is -0.119. The molecule has 1 amide bonds. The molecule has 148 valence electrons. The van der Waals surface area contributed by atoms with E-state index in [2.05, 4.69) is 62.0 Å². The number of aryl methyl sites for hydroxylation is 1. The van der Waals surface area contributed by atoms with Crippen molar-refractivity contribution in [2.75, 3.05) is 19.6 Å². The SMILES string of the molecule is CCNC(=NCC(=O)NCc1ccco1)NCCCn1ccc2ccccc21. The predicted octanol–water partition coefficient (Wildman–Crippen LogP) is 2.50. The molecule has 2 aromatic heterocycles. The molecule has 1 aromatic carbocycles. The molecule has 0 saturated heterocycles. The Bertz CT molecular complexity index is 899. The van der Waals surface area contributed by atoms with Crippen LogP contribution in [0.3, 0.4) is 0 Å². The normalized spacial score (nSPS) is 11.5. The number of aromatic nitrogens is 1. The monoisotopic (exact) mass is 381 g/mol. The zero-order valence-corrected chi connectivity index (χ0v) is 16.1. The maximum absolute atomic E-state index is 11.9.